The van der Waals surface area contributed by atoms with Gasteiger partial charge in [-0.25, -0.2) is 4.79 Å². The minimum Gasteiger partial charge on any atom is -0.508 e. The molecular weight excluding hydrogens is 920 g/mol. The maximum atomic E-state index is 10.5. The Balaban J connectivity index is 0.00000100. The van der Waals surface area contributed by atoms with E-state index in [-0.39, 0.29) is 18.1 Å². The number of hydrogen-bond donors (Lipinski definition) is 4. The molecule has 0 heterocycles. The van der Waals surface area contributed by atoms with Crippen molar-refractivity contribution in [2.24, 2.45) is 0 Å². The standard InChI is InChI=1S/C21H13Br7O3.CH2O3/c22-15-14(16(23)18(25)19(30)17(15)24)20(21(26,27)28,11-6-8-12(29)9-7-11)10-31-13-4-2-1-3-5-13;2-1(3)4/h1-9,29-30H,10H2;(H2,2,3,4). The first-order valence-corrected chi connectivity index (χ1v) is 14.8. The van der Waals surface area contributed by atoms with Gasteiger partial charge in [0.05, 0.1) is 14.4 Å². The normalized spacial score (nSPS) is 12.8. The second-order valence-corrected chi connectivity index (χ2v) is 16.7. The lowest BCUT2D eigenvalue weighted by molar-refractivity contribution is 0.137. The zero-order valence-electron chi connectivity index (χ0n) is 17.2. The highest BCUT2D eigenvalue weighted by Crippen LogP contribution is 2.60. The average molecular weight is 935 g/mol. The number of ether oxygens (including phenoxy) is 1. The summed E-state index contributed by atoms with van der Waals surface area (Å²) in [6, 6.07) is 16.4. The lowest BCUT2D eigenvalue weighted by Crippen LogP contribution is -2.46. The molecule has 188 valence electrons. The van der Waals surface area contributed by atoms with Gasteiger partial charge in [-0.05, 0) is 93.5 Å². The Morgan fingerprint density at radius 3 is 1.66 bits per heavy atom. The summed E-state index contributed by atoms with van der Waals surface area (Å²) in [5.41, 5.74) is 0.682. The number of aromatic hydroxyl groups is 2. The van der Waals surface area contributed by atoms with Gasteiger partial charge in [-0.3, -0.25) is 0 Å². The zero-order valence-corrected chi connectivity index (χ0v) is 28.3. The van der Waals surface area contributed by atoms with E-state index in [0.29, 0.717) is 23.6 Å². The van der Waals surface area contributed by atoms with Crippen LogP contribution in [-0.2, 0) is 5.41 Å². The topological polar surface area (TPSA) is 107 Å². The van der Waals surface area contributed by atoms with Crippen LogP contribution < -0.4 is 4.74 Å². The molecule has 3 aromatic carbocycles. The summed E-state index contributed by atoms with van der Waals surface area (Å²) in [5, 5.41) is 34.4. The molecular formula is C22H15Br7O6. The number of halogens is 7. The van der Waals surface area contributed by atoms with E-state index in [0.717, 1.165) is 11.1 Å². The Morgan fingerprint density at radius 2 is 1.23 bits per heavy atom. The Morgan fingerprint density at radius 1 is 0.771 bits per heavy atom. The summed E-state index contributed by atoms with van der Waals surface area (Å²) in [7, 11) is 0. The molecule has 0 aliphatic rings. The van der Waals surface area contributed by atoms with Gasteiger partial charge < -0.3 is 25.2 Å². The molecule has 0 saturated heterocycles. The maximum absolute atomic E-state index is 10.5. The van der Waals surface area contributed by atoms with Crippen molar-refractivity contribution in [1.29, 1.82) is 0 Å². The van der Waals surface area contributed by atoms with Crippen LogP contribution in [0.1, 0.15) is 11.1 Å². The summed E-state index contributed by atoms with van der Waals surface area (Å²) >= 11 is 25.6. The second-order valence-electron chi connectivity index (χ2n) is 6.81. The van der Waals surface area contributed by atoms with Gasteiger partial charge in [-0.15, -0.1) is 0 Å². The van der Waals surface area contributed by atoms with E-state index >= 15 is 0 Å². The lowest BCUT2D eigenvalue weighted by atomic mass is 9.76. The van der Waals surface area contributed by atoms with Crippen molar-refractivity contribution in [3.8, 4) is 17.2 Å². The lowest BCUT2D eigenvalue weighted by Gasteiger charge is -2.43. The fourth-order valence-electron chi connectivity index (χ4n) is 3.14. The molecule has 3 rings (SSSR count). The summed E-state index contributed by atoms with van der Waals surface area (Å²) in [5.74, 6) is 0.902. The van der Waals surface area contributed by atoms with Crippen molar-refractivity contribution in [1.82, 2.24) is 0 Å². The van der Waals surface area contributed by atoms with Crippen LogP contribution in [0.25, 0.3) is 0 Å². The van der Waals surface area contributed by atoms with Gasteiger partial charge in [0.25, 0.3) is 0 Å². The third-order valence-electron chi connectivity index (χ3n) is 4.71. The molecule has 13 heteroatoms. The van der Waals surface area contributed by atoms with Crippen LogP contribution in [-0.4, -0.2) is 35.3 Å². The predicted octanol–water partition coefficient (Wildman–Crippen LogP) is 9.57. The predicted molar refractivity (Wildman–Crippen MR) is 160 cm³/mol. The number of benzene rings is 3. The smallest absolute Gasteiger partial charge is 0.503 e. The average Bonchev–Trinajstić information content (AvgIpc) is 2.79. The van der Waals surface area contributed by atoms with Crippen molar-refractivity contribution < 1.29 is 30.0 Å². The summed E-state index contributed by atoms with van der Waals surface area (Å²) < 4.78 is 7.60. The van der Waals surface area contributed by atoms with Crippen LogP contribution in [0.15, 0.2) is 72.5 Å². The molecule has 0 bridgehead atoms. The van der Waals surface area contributed by atoms with Crippen LogP contribution in [0, 0.1) is 0 Å². The number of carboxylic acid groups (broad SMARTS) is 2. The highest BCUT2D eigenvalue weighted by atomic mass is 80.0. The third kappa shape index (κ3) is 7.17. The first kappa shape index (κ1) is 30.9. The third-order valence-corrected chi connectivity index (χ3v) is 10.9. The van der Waals surface area contributed by atoms with Crippen LogP contribution >= 0.6 is 112 Å². The van der Waals surface area contributed by atoms with Crippen LogP contribution in [0.3, 0.4) is 0 Å². The number of alkyl halides is 3. The minimum absolute atomic E-state index is 0.0513. The molecule has 6 nitrogen and oxygen atoms in total. The van der Waals surface area contributed by atoms with Crippen LogP contribution in [0.4, 0.5) is 4.79 Å². The molecule has 0 spiro atoms. The quantitative estimate of drug-likeness (QED) is 0.150. The number of phenolic OH excluding ortho intramolecular Hbond substituents is 2. The molecule has 35 heavy (non-hydrogen) atoms. The monoisotopic (exact) mass is 928 g/mol. The van der Waals surface area contributed by atoms with Gasteiger partial charge in [0.2, 0.25) is 0 Å². The molecule has 3 aromatic rings. The van der Waals surface area contributed by atoms with E-state index in [1.807, 2.05) is 42.5 Å². The molecule has 0 aromatic heterocycles. The number of para-hydroxylation sites is 1. The van der Waals surface area contributed by atoms with Gasteiger partial charge in [0.1, 0.15) is 23.9 Å². The first-order valence-electron chi connectivity index (χ1n) is 9.25. The van der Waals surface area contributed by atoms with Crippen molar-refractivity contribution in [2.75, 3.05) is 6.61 Å². The van der Waals surface area contributed by atoms with Crippen molar-refractivity contribution in [3.63, 3.8) is 0 Å². The van der Waals surface area contributed by atoms with E-state index in [1.165, 1.54) is 0 Å². The molecule has 0 radical (unpaired) electrons. The zero-order chi connectivity index (χ0) is 26.6. The summed E-state index contributed by atoms with van der Waals surface area (Å²) in [4.78, 5) is 8.56. The van der Waals surface area contributed by atoms with Gasteiger partial charge >= 0.3 is 6.16 Å². The Bertz CT molecular complexity index is 1150. The fourth-order valence-corrected chi connectivity index (χ4v) is 7.54. The number of rotatable bonds is 5. The van der Waals surface area contributed by atoms with E-state index < -0.39 is 13.7 Å². The molecule has 1 unspecified atom stereocenters. The number of phenols is 2. The van der Waals surface area contributed by atoms with E-state index in [9.17, 15) is 10.2 Å². The van der Waals surface area contributed by atoms with E-state index in [1.54, 1.807) is 12.1 Å². The molecule has 0 aliphatic heterocycles. The molecule has 1 atom stereocenters. The van der Waals surface area contributed by atoms with E-state index in [2.05, 4.69) is 112 Å². The van der Waals surface area contributed by atoms with Gasteiger partial charge in [-0.2, -0.15) is 0 Å². The number of carbonyl (C=O) groups is 1. The highest BCUT2D eigenvalue weighted by molar-refractivity contribution is 9.39. The molecule has 4 N–H and O–H groups in total. The van der Waals surface area contributed by atoms with E-state index in [4.69, 9.17) is 19.7 Å². The van der Waals surface area contributed by atoms with Crippen LogP contribution in [0.5, 0.6) is 17.2 Å². The minimum atomic E-state index is -1.83. The fraction of sp³-hybridized carbons (Fsp3) is 0.136. The molecule has 0 fully saturated rings. The first-order chi connectivity index (χ1) is 16.2. The van der Waals surface area contributed by atoms with Crippen molar-refractivity contribution in [3.05, 3.63) is 83.6 Å². The highest BCUT2D eigenvalue weighted by Gasteiger charge is 2.53. The molecule has 0 saturated carbocycles. The Kier molecular flexibility index (Phi) is 11.5. The summed E-state index contributed by atoms with van der Waals surface area (Å²) in [6.07, 6.45) is -1.83. The summed E-state index contributed by atoms with van der Waals surface area (Å²) in [6.45, 7) is 0.185. The van der Waals surface area contributed by atoms with Crippen molar-refractivity contribution >= 4 is 118 Å². The largest absolute Gasteiger partial charge is 0.508 e. The SMILES string of the molecule is O=C(O)O.Oc1ccc(C(COc2ccccc2)(c2c(Br)c(Br)c(O)c(Br)c2Br)C(Br)(Br)Br)cc1. The van der Waals surface area contributed by atoms with Crippen molar-refractivity contribution in [2.45, 2.75) is 7.56 Å². The maximum Gasteiger partial charge on any atom is 0.503 e. The van der Waals surface area contributed by atoms with Gasteiger partial charge in [0.15, 0.2) is 2.14 Å². The Labute approximate surface area is 260 Å². The molecule has 0 aliphatic carbocycles. The molecule has 0 amide bonds. The Hall–Kier alpha value is -0.310. The van der Waals surface area contributed by atoms with Gasteiger partial charge in [-0.1, -0.05) is 78.1 Å². The second kappa shape index (κ2) is 13.0. The number of hydrogen-bond acceptors (Lipinski definition) is 4. The van der Waals surface area contributed by atoms with Crippen LogP contribution in [0.2, 0.25) is 0 Å². The van der Waals surface area contributed by atoms with Gasteiger partial charge in [0, 0.05) is 14.5 Å².